The van der Waals surface area contributed by atoms with Crippen molar-refractivity contribution >= 4 is 103 Å². The molecule has 0 aliphatic rings. The number of unbranched alkanes of at least 4 members (excludes halogenated alkanes) is 1. The molecule has 1 aromatic heterocycles. The Morgan fingerprint density at radius 3 is 1.80 bits per heavy atom. The maximum atomic E-state index is 13.7. The number of nitrogens with one attached hydrogen (secondary N) is 7. The van der Waals surface area contributed by atoms with Crippen molar-refractivity contribution in [3.8, 4) is 0 Å². The first-order chi connectivity index (χ1) is 33.8. The van der Waals surface area contributed by atoms with Gasteiger partial charge in [-0.15, -0.1) is 0 Å². The summed E-state index contributed by atoms with van der Waals surface area (Å²) in [5.74, 6) is -12.4. The van der Waals surface area contributed by atoms with Crippen molar-refractivity contribution in [2.45, 2.75) is 75.7 Å². The number of carbonyl (C=O) groups is 10. The van der Waals surface area contributed by atoms with E-state index in [1.165, 1.54) is 46.8 Å². The van der Waals surface area contributed by atoms with Gasteiger partial charge in [-0.05, 0) is 94.4 Å². The number of hydrogen-bond acceptors (Lipinski definition) is 13. The molecule has 4 unspecified atom stereocenters. The van der Waals surface area contributed by atoms with Crippen molar-refractivity contribution in [2.75, 3.05) is 12.0 Å². The monoisotopic (exact) mass is 1100 g/mol. The van der Waals surface area contributed by atoms with Crippen LogP contribution >= 0.6 is 22.6 Å². The quantitative estimate of drug-likeness (QED) is 0.0128. The van der Waals surface area contributed by atoms with Gasteiger partial charge < -0.3 is 57.4 Å². The van der Waals surface area contributed by atoms with Crippen LogP contribution in [-0.2, 0) is 46.5 Å². The molecule has 3 aromatic carbocycles. The van der Waals surface area contributed by atoms with Gasteiger partial charge in [0.15, 0.2) is 5.92 Å². The Kier molecular flexibility index (Phi) is 21.6. The van der Waals surface area contributed by atoms with E-state index in [9.17, 15) is 68.4 Å². The third-order valence-corrected chi connectivity index (χ3v) is 10.9. The highest BCUT2D eigenvalue weighted by molar-refractivity contribution is 14.1. The summed E-state index contributed by atoms with van der Waals surface area (Å²) in [5.41, 5.74) is 3.88. The van der Waals surface area contributed by atoms with Gasteiger partial charge in [0, 0.05) is 44.1 Å². The number of urea groups is 1. The number of nitrogens with zero attached hydrogens (tertiary/aromatic N) is 2. The molecule has 376 valence electrons. The van der Waals surface area contributed by atoms with Crippen LogP contribution < -0.4 is 37.3 Å². The fourth-order valence-electron chi connectivity index (χ4n) is 6.79. The van der Waals surface area contributed by atoms with Crippen molar-refractivity contribution in [1.82, 2.24) is 36.9 Å². The lowest BCUT2D eigenvalue weighted by molar-refractivity contribution is -0.155. The van der Waals surface area contributed by atoms with Crippen LogP contribution in [0, 0.1) is 5.92 Å². The second-order valence-corrected chi connectivity index (χ2v) is 16.3. The number of carboxylic acids is 5. The standard InChI is InChI=1S/C46H50IN9O15/c47-24-51-56-36-16-14-30(23-49-36)39(60)53-35(21-31(42(63)64)43(65)66)41(62)50-22-25-8-12-28(13-9-25)38(59)52-34(20-26-10-11-27-5-1-2-6-29(27)19-26)40(61)48-18-4-3-7-32(44(67)68)54-46(71)55-33(45(69)70)15-17-37(57)58/h1-2,5-6,8-14,16,19,23-24,31-35H,3-4,7,15,17-18,20-22H2,(H,48,61)(H,49,56)(H,50,62)(H,52,59)(H,53,60)(H,57,58)(H,63,64)(H,65,66)(H,67,68)(H,69,70)(H2,54,55,71)/b51-24+. The molecule has 0 aliphatic heterocycles. The van der Waals surface area contributed by atoms with Gasteiger partial charge in [-0.2, -0.15) is 5.10 Å². The van der Waals surface area contributed by atoms with E-state index in [1.807, 2.05) is 65.1 Å². The number of hydrogen-bond donors (Lipinski definition) is 12. The van der Waals surface area contributed by atoms with Crippen LogP contribution in [0.4, 0.5) is 10.6 Å². The number of pyridine rings is 1. The van der Waals surface area contributed by atoms with Crippen LogP contribution in [0.2, 0.25) is 0 Å². The van der Waals surface area contributed by atoms with Crippen LogP contribution in [0.1, 0.15) is 70.4 Å². The maximum absolute atomic E-state index is 13.7. The molecule has 0 radical (unpaired) electrons. The number of rotatable bonds is 28. The summed E-state index contributed by atoms with van der Waals surface area (Å²) in [4.78, 5) is 128. The van der Waals surface area contributed by atoms with E-state index in [1.54, 1.807) is 0 Å². The van der Waals surface area contributed by atoms with Gasteiger partial charge in [0.1, 0.15) is 30.0 Å². The topological polar surface area (TPSA) is 381 Å². The van der Waals surface area contributed by atoms with Crippen molar-refractivity contribution in [3.05, 3.63) is 107 Å². The molecule has 0 aliphatic carbocycles. The Hall–Kier alpha value is -8.23. The number of carboxylic acid groups (broad SMARTS) is 5. The van der Waals surface area contributed by atoms with E-state index in [0.29, 0.717) is 16.9 Å². The first-order valence-electron chi connectivity index (χ1n) is 21.6. The van der Waals surface area contributed by atoms with Gasteiger partial charge in [-0.25, -0.2) is 19.4 Å². The van der Waals surface area contributed by atoms with E-state index in [2.05, 4.69) is 47.4 Å². The summed E-state index contributed by atoms with van der Waals surface area (Å²) in [6, 6.07) is 14.8. The maximum Gasteiger partial charge on any atom is 0.326 e. The zero-order valence-corrected chi connectivity index (χ0v) is 39.7. The fourth-order valence-corrected chi connectivity index (χ4v) is 6.93. The van der Waals surface area contributed by atoms with E-state index in [4.69, 9.17) is 5.11 Å². The van der Waals surface area contributed by atoms with Gasteiger partial charge in [-0.1, -0.05) is 54.6 Å². The Bertz CT molecular complexity index is 2600. The molecule has 4 aromatic rings. The number of aromatic nitrogens is 1. The predicted molar refractivity (Wildman–Crippen MR) is 260 cm³/mol. The Morgan fingerprint density at radius 2 is 1.20 bits per heavy atom. The average Bonchev–Trinajstić information content (AvgIpc) is 3.33. The Balaban J connectivity index is 1.39. The van der Waals surface area contributed by atoms with Gasteiger partial charge in [0.05, 0.1) is 9.78 Å². The van der Waals surface area contributed by atoms with Crippen molar-refractivity contribution in [3.63, 3.8) is 0 Å². The summed E-state index contributed by atoms with van der Waals surface area (Å²) in [6.07, 6.45) is -0.253. The molecule has 71 heavy (non-hydrogen) atoms. The molecule has 0 fully saturated rings. The highest BCUT2D eigenvalue weighted by Crippen LogP contribution is 2.18. The molecule has 4 rings (SSSR count). The van der Waals surface area contributed by atoms with Crippen molar-refractivity contribution in [1.29, 1.82) is 0 Å². The van der Waals surface area contributed by atoms with Gasteiger partial charge in [0.2, 0.25) is 11.8 Å². The molecule has 6 amide bonds. The SMILES string of the molecule is O=C(O)CCC(NC(=O)NC(CCCCNC(=O)C(Cc1ccc2ccccc2c1)NC(=O)c1ccc(CNC(=O)C(CC(C(=O)O)C(=O)O)NC(=O)c2ccc(N/N=C/I)nc2)cc1)C(=O)O)C(=O)O. The first-order valence-corrected chi connectivity index (χ1v) is 22.9. The smallest absolute Gasteiger partial charge is 0.326 e. The number of anilines is 1. The van der Waals surface area contributed by atoms with Crippen LogP contribution in [0.25, 0.3) is 10.8 Å². The minimum absolute atomic E-state index is 0.0193. The van der Waals surface area contributed by atoms with Gasteiger partial charge in [-0.3, -0.25) is 39.0 Å². The molecule has 25 heteroatoms. The Morgan fingerprint density at radius 1 is 0.606 bits per heavy atom. The lowest BCUT2D eigenvalue weighted by Gasteiger charge is -2.21. The molecule has 1 heterocycles. The number of halogens is 1. The molecular weight excluding hydrogens is 1050 g/mol. The van der Waals surface area contributed by atoms with Crippen molar-refractivity contribution < 1.29 is 73.5 Å². The molecule has 0 saturated carbocycles. The second kappa shape index (κ2) is 27.7. The number of benzene rings is 3. The zero-order chi connectivity index (χ0) is 52.0. The predicted octanol–water partition coefficient (Wildman–Crippen LogP) is 2.31. The molecule has 0 bridgehead atoms. The summed E-state index contributed by atoms with van der Waals surface area (Å²) >= 11 is 1.88. The number of aliphatic carboxylic acids is 5. The third kappa shape index (κ3) is 18.3. The van der Waals surface area contributed by atoms with Crippen molar-refractivity contribution in [2.24, 2.45) is 11.0 Å². The normalized spacial score (nSPS) is 12.6. The van der Waals surface area contributed by atoms with Gasteiger partial charge >= 0.3 is 35.9 Å². The molecule has 4 atom stereocenters. The number of amides is 6. The van der Waals surface area contributed by atoms with E-state index in [-0.39, 0.29) is 49.9 Å². The minimum atomic E-state index is -2.05. The number of fused-ring (bicyclic) bond motifs is 1. The Labute approximate surface area is 417 Å². The fraction of sp³-hybridized carbons (Fsp3) is 0.304. The summed E-state index contributed by atoms with van der Waals surface area (Å²) < 4.78 is 1.44. The molecular formula is C46H50IN9O15. The summed E-state index contributed by atoms with van der Waals surface area (Å²) in [6.45, 7) is -0.159. The second-order valence-electron chi connectivity index (χ2n) is 15.7. The zero-order valence-electron chi connectivity index (χ0n) is 37.5. The molecule has 0 spiro atoms. The number of hydrazone groups is 1. The van der Waals surface area contributed by atoms with E-state index >= 15 is 0 Å². The largest absolute Gasteiger partial charge is 0.481 e. The lowest BCUT2D eigenvalue weighted by atomic mass is 9.99. The average molecular weight is 1100 g/mol. The minimum Gasteiger partial charge on any atom is -0.481 e. The van der Waals surface area contributed by atoms with Crippen LogP contribution in [0.15, 0.2) is 90.2 Å². The number of carbonyl (C=O) groups excluding carboxylic acids is 5. The highest BCUT2D eigenvalue weighted by atomic mass is 127. The summed E-state index contributed by atoms with van der Waals surface area (Å²) in [5, 5.41) is 67.1. The first kappa shape index (κ1) is 55.4. The van der Waals surface area contributed by atoms with Gasteiger partial charge in [0.25, 0.3) is 11.8 Å². The van der Waals surface area contributed by atoms with Crippen LogP contribution in [-0.4, -0.2) is 125 Å². The lowest BCUT2D eigenvalue weighted by Crippen LogP contribution is -2.51. The highest BCUT2D eigenvalue weighted by Gasteiger charge is 2.34. The molecule has 24 nitrogen and oxygen atoms in total. The molecule has 12 N–H and O–H groups in total. The summed E-state index contributed by atoms with van der Waals surface area (Å²) in [7, 11) is 0. The van der Waals surface area contributed by atoms with Crippen LogP contribution in [0.3, 0.4) is 0 Å². The van der Waals surface area contributed by atoms with E-state index in [0.717, 1.165) is 10.8 Å². The molecule has 0 saturated heterocycles. The third-order valence-electron chi connectivity index (χ3n) is 10.6. The van der Waals surface area contributed by atoms with Crippen LogP contribution in [0.5, 0.6) is 0 Å². The van der Waals surface area contributed by atoms with E-state index < -0.39 is 109 Å².